The quantitative estimate of drug-likeness (QED) is 0.488. The number of aliphatic hydroxyl groups is 1. The molecule has 0 aliphatic heterocycles. The van der Waals surface area contributed by atoms with Gasteiger partial charge in [-0.15, -0.1) is 0 Å². The van der Waals surface area contributed by atoms with Gasteiger partial charge in [-0.1, -0.05) is 13.8 Å². The lowest BCUT2D eigenvalue weighted by molar-refractivity contribution is 0.141. The number of nitrogens with one attached hydrogen (secondary N) is 2. The van der Waals surface area contributed by atoms with E-state index in [9.17, 15) is 5.11 Å². The SMILES string of the molecule is CCNCCC(NCC)C(C)O. The third kappa shape index (κ3) is 5.52. The van der Waals surface area contributed by atoms with E-state index >= 15 is 0 Å². The molecule has 3 heteroatoms. The van der Waals surface area contributed by atoms with Crippen LogP contribution in [-0.2, 0) is 0 Å². The Labute approximate surface area is 75.6 Å². The average molecular weight is 174 g/mol. The van der Waals surface area contributed by atoms with Crippen molar-refractivity contribution in [3.8, 4) is 0 Å². The summed E-state index contributed by atoms with van der Waals surface area (Å²) < 4.78 is 0. The molecule has 0 heterocycles. The fourth-order valence-electron chi connectivity index (χ4n) is 1.21. The molecule has 0 saturated carbocycles. The van der Waals surface area contributed by atoms with Crippen LogP contribution in [0.1, 0.15) is 27.2 Å². The standard InChI is InChI=1S/C9H22N2O/c1-4-10-7-6-9(8(3)12)11-5-2/h8-12H,4-7H2,1-3H3. The van der Waals surface area contributed by atoms with Gasteiger partial charge in [-0.3, -0.25) is 0 Å². The summed E-state index contributed by atoms with van der Waals surface area (Å²) in [5.74, 6) is 0. The monoisotopic (exact) mass is 174 g/mol. The van der Waals surface area contributed by atoms with E-state index in [-0.39, 0.29) is 12.1 Å². The average Bonchev–Trinajstić information content (AvgIpc) is 2.03. The topological polar surface area (TPSA) is 44.3 Å². The van der Waals surface area contributed by atoms with Crippen LogP contribution in [0.4, 0.5) is 0 Å². The number of hydrogen-bond acceptors (Lipinski definition) is 3. The van der Waals surface area contributed by atoms with Gasteiger partial charge in [0.25, 0.3) is 0 Å². The van der Waals surface area contributed by atoms with E-state index in [0.717, 1.165) is 26.1 Å². The van der Waals surface area contributed by atoms with Crippen LogP contribution in [-0.4, -0.2) is 36.9 Å². The van der Waals surface area contributed by atoms with Crippen LogP contribution < -0.4 is 10.6 Å². The van der Waals surface area contributed by atoms with E-state index in [0.29, 0.717) is 0 Å². The van der Waals surface area contributed by atoms with Crippen molar-refractivity contribution in [3.05, 3.63) is 0 Å². The molecule has 12 heavy (non-hydrogen) atoms. The van der Waals surface area contributed by atoms with Gasteiger partial charge in [-0.25, -0.2) is 0 Å². The smallest absolute Gasteiger partial charge is 0.0665 e. The van der Waals surface area contributed by atoms with Crippen LogP contribution in [0, 0.1) is 0 Å². The molecule has 3 nitrogen and oxygen atoms in total. The zero-order valence-corrected chi connectivity index (χ0v) is 8.43. The summed E-state index contributed by atoms with van der Waals surface area (Å²) in [7, 11) is 0. The van der Waals surface area contributed by atoms with Crippen molar-refractivity contribution in [2.75, 3.05) is 19.6 Å². The zero-order valence-electron chi connectivity index (χ0n) is 8.43. The second-order valence-corrected chi connectivity index (χ2v) is 3.05. The first-order chi connectivity index (χ1) is 5.72. The summed E-state index contributed by atoms with van der Waals surface area (Å²) in [5, 5.41) is 15.8. The van der Waals surface area contributed by atoms with Gasteiger partial charge in [0.05, 0.1) is 6.10 Å². The van der Waals surface area contributed by atoms with Gasteiger partial charge in [0.15, 0.2) is 0 Å². The maximum Gasteiger partial charge on any atom is 0.0665 e. The molecule has 0 aromatic rings. The van der Waals surface area contributed by atoms with Crippen molar-refractivity contribution < 1.29 is 5.11 Å². The molecule has 0 fully saturated rings. The Morgan fingerprint density at radius 1 is 1.25 bits per heavy atom. The van der Waals surface area contributed by atoms with Gasteiger partial charge in [0.2, 0.25) is 0 Å². The van der Waals surface area contributed by atoms with Crippen molar-refractivity contribution in [1.82, 2.24) is 10.6 Å². The first-order valence-corrected chi connectivity index (χ1v) is 4.84. The molecule has 0 aromatic carbocycles. The highest BCUT2D eigenvalue weighted by molar-refractivity contribution is 4.72. The predicted molar refractivity (Wildman–Crippen MR) is 52.3 cm³/mol. The fourth-order valence-corrected chi connectivity index (χ4v) is 1.21. The summed E-state index contributed by atoms with van der Waals surface area (Å²) in [6.45, 7) is 8.87. The summed E-state index contributed by atoms with van der Waals surface area (Å²) in [6, 6.07) is 0.231. The van der Waals surface area contributed by atoms with Crippen LogP contribution in [0.25, 0.3) is 0 Å². The maximum absolute atomic E-state index is 9.35. The number of hydrogen-bond donors (Lipinski definition) is 3. The maximum atomic E-state index is 9.35. The van der Waals surface area contributed by atoms with Crippen LogP contribution in [0.2, 0.25) is 0 Å². The van der Waals surface area contributed by atoms with Gasteiger partial charge in [0.1, 0.15) is 0 Å². The molecule has 0 spiro atoms. The molecule has 0 bridgehead atoms. The van der Waals surface area contributed by atoms with E-state index in [1.165, 1.54) is 0 Å². The minimum absolute atomic E-state index is 0.231. The van der Waals surface area contributed by atoms with Gasteiger partial charge in [-0.2, -0.15) is 0 Å². The Morgan fingerprint density at radius 3 is 2.33 bits per heavy atom. The van der Waals surface area contributed by atoms with Crippen LogP contribution in [0.5, 0.6) is 0 Å². The summed E-state index contributed by atoms with van der Waals surface area (Å²) in [6.07, 6.45) is 0.725. The molecule has 0 aliphatic rings. The zero-order chi connectivity index (χ0) is 9.40. The molecule has 2 atom stereocenters. The van der Waals surface area contributed by atoms with E-state index in [4.69, 9.17) is 0 Å². The number of likely N-dealkylation sites (N-methyl/N-ethyl adjacent to an activating group) is 1. The molecule has 0 amide bonds. The Morgan fingerprint density at radius 2 is 1.92 bits per heavy atom. The van der Waals surface area contributed by atoms with Crippen molar-refractivity contribution in [1.29, 1.82) is 0 Å². The minimum atomic E-state index is -0.261. The van der Waals surface area contributed by atoms with Crippen molar-refractivity contribution >= 4 is 0 Å². The molecule has 3 N–H and O–H groups in total. The molecular formula is C9H22N2O. The molecule has 0 aromatic heterocycles. The lowest BCUT2D eigenvalue weighted by Gasteiger charge is -2.20. The second kappa shape index (κ2) is 7.53. The van der Waals surface area contributed by atoms with E-state index in [2.05, 4.69) is 24.5 Å². The number of aliphatic hydroxyl groups excluding tert-OH is 1. The second-order valence-electron chi connectivity index (χ2n) is 3.05. The lowest BCUT2D eigenvalue weighted by atomic mass is 10.1. The van der Waals surface area contributed by atoms with Crippen LogP contribution in [0.3, 0.4) is 0 Å². The predicted octanol–water partition coefficient (Wildman–Crippen LogP) is 0.345. The summed E-state index contributed by atoms with van der Waals surface area (Å²) in [5.41, 5.74) is 0. The van der Waals surface area contributed by atoms with Crippen LogP contribution in [0.15, 0.2) is 0 Å². The number of rotatable bonds is 7. The van der Waals surface area contributed by atoms with E-state index < -0.39 is 0 Å². The Hall–Kier alpha value is -0.120. The highest BCUT2D eigenvalue weighted by Crippen LogP contribution is 1.96. The first kappa shape index (κ1) is 11.9. The van der Waals surface area contributed by atoms with Crippen molar-refractivity contribution in [2.24, 2.45) is 0 Å². The van der Waals surface area contributed by atoms with Gasteiger partial charge in [-0.05, 0) is 33.0 Å². The Kier molecular flexibility index (Phi) is 7.45. The largest absolute Gasteiger partial charge is 0.392 e. The summed E-state index contributed by atoms with van der Waals surface area (Å²) >= 11 is 0. The summed E-state index contributed by atoms with van der Waals surface area (Å²) in [4.78, 5) is 0. The highest BCUT2D eigenvalue weighted by atomic mass is 16.3. The minimum Gasteiger partial charge on any atom is -0.392 e. The molecule has 74 valence electrons. The molecule has 2 unspecified atom stereocenters. The van der Waals surface area contributed by atoms with E-state index in [1.54, 1.807) is 0 Å². The molecule has 0 radical (unpaired) electrons. The van der Waals surface area contributed by atoms with Gasteiger partial charge in [0, 0.05) is 6.04 Å². The first-order valence-electron chi connectivity index (χ1n) is 4.84. The van der Waals surface area contributed by atoms with Crippen molar-refractivity contribution in [3.63, 3.8) is 0 Å². The fraction of sp³-hybridized carbons (Fsp3) is 1.00. The lowest BCUT2D eigenvalue weighted by Crippen LogP contribution is -2.40. The Balaban J connectivity index is 3.49. The molecular weight excluding hydrogens is 152 g/mol. The van der Waals surface area contributed by atoms with Crippen molar-refractivity contribution in [2.45, 2.75) is 39.3 Å². The third-order valence-corrected chi connectivity index (χ3v) is 1.93. The Bertz CT molecular complexity index is 96.5. The van der Waals surface area contributed by atoms with Crippen LogP contribution >= 0.6 is 0 Å². The normalized spacial score (nSPS) is 16.0. The van der Waals surface area contributed by atoms with E-state index in [1.807, 2.05) is 6.92 Å². The molecule has 0 rings (SSSR count). The highest BCUT2D eigenvalue weighted by Gasteiger charge is 2.11. The van der Waals surface area contributed by atoms with Gasteiger partial charge >= 0.3 is 0 Å². The van der Waals surface area contributed by atoms with Gasteiger partial charge < -0.3 is 15.7 Å². The molecule has 0 aliphatic carbocycles. The third-order valence-electron chi connectivity index (χ3n) is 1.93. The molecule has 0 saturated heterocycles.